The lowest BCUT2D eigenvalue weighted by Gasteiger charge is -2.36. The summed E-state index contributed by atoms with van der Waals surface area (Å²) in [5, 5.41) is 12.1. The summed E-state index contributed by atoms with van der Waals surface area (Å²) in [6.07, 6.45) is 0.826. The van der Waals surface area contributed by atoms with Gasteiger partial charge >= 0.3 is 18.2 Å². The van der Waals surface area contributed by atoms with Crippen LogP contribution in [0.5, 0.6) is 6.01 Å². The Morgan fingerprint density at radius 2 is 1.75 bits per heavy atom. The van der Waals surface area contributed by atoms with Gasteiger partial charge in [-0.05, 0) is 69.2 Å². The zero-order valence-corrected chi connectivity index (χ0v) is 30.7. The molecule has 4 aliphatic heterocycles. The molecule has 1 saturated carbocycles. The van der Waals surface area contributed by atoms with Crippen molar-refractivity contribution < 1.29 is 40.3 Å². The number of carbonyl (C=O) groups excluding carboxylic acids is 1. The number of urea groups is 1. The van der Waals surface area contributed by atoms with E-state index in [9.17, 15) is 36.4 Å². The van der Waals surface area contributed by atoms with Crippen LogP contribution in [-0.2, 0) is 6.18 Å². The summed E-state index contributed by atoms with van der Waals surface area (Å²) >= 11 is 0.705. The number of hydrogen-bond acceptors (Lipinski definition) is 9. The minimum atomic E-state index is -4.99. The van der Waals surface area contributed by atoms with Crippen molar-refractivity contribution in [3.05, 3.63) is 41.0 Å². The average Bonchev–Trinajstić information content (AvgIpc) is 3.47. The van der Waals surface area contributed by atoms with Crippen LogP contribution in [0.25, 0.3) is 32.1 Å². The normalized spacial score (nSPS) is 21.1. The molecule has 2 atom stereocenters. The number of carbonyl (C=O) groups is 1. The number of nitrogen functional groups attached to an aromatic ring is 1. The summed E-state index contributed by atoms with van der Waals surface area (Å²) < 4.78 is 103. The van der Waals surface area contributed by atoms with Crippen molar-refractivity contribution in [1.82, 2.24) is 24.7 Å². The van der Waals surface area contributed by atoms with E-state index in [1.54, 1.807) is 11.0 Å². The Balaban J connectivity index is 0.000000178. The number of amides is 2. The highest BCUT2D eigenvalue weighted by molar-refractivity contribution is 7.23. The monoisotopic (exact) mass is 792 g/mol. The lowest BCUT2D eigenvalue weighted by atomic mass is 9.92. The number of ether oxygens (including phenoxy) is 1. The van der Waals surface area contributed by atoms with E-state index in [0.29, 0.717) is 37.0 Å². The van der Waals surface area contributed by atoms with Crippen LogP contribution in [0.4, 0.5) is 46.3 Å². The van der Waals surface area contributed by atoms with Crippen molar-refractivity contribution in [2.75, 3.05) is 57.4 Å². The number of thiophene rings is 1. The third-order valence-corrected chi connectivity index (χ3v) is 11.5. The van der Waals surface area contributed by atoms with E-state index >= 15 is 4.39 Å². The number of nitrogens with zero attached hydrogens (tertiary/aromatic N) is 6. The van der Waals surface area contributed by atoms with Crippen LogP contribution in [-0.4, -0.2) is 102 Å². The maximum absolute atomic E-state index is 16.0. The van der Waals surface area contributed by atoms with Gasteiger partial charge in [0.1, 0.15) is 40.6 Å². The molecule has 1 aliphatic carbocycles. The molecule has 3 N–H and O–H groups in total. The van der Waals surface area contributed by atoms with Gasteiger partial charge in [0.05, 0.1) is 36.0 Å². The predicted molar refractivity (Wildman–Crippen MR) is 194 cm³/mol. The number of nitriles is 1. The first kappa shape index (κ1) is 38.6. The molecule has 2 aromatic heterocycles. The number of hydrogen-bond donors (Lipinski definition) is 2. The zero-order chi connectivity index (χ0) is 39.2. The molecular weight excluding hydrogens is 754 g/mol. The fraction of sp³-hybridized carbons (Fsp3) is 0.514. The van der Waals surface area contributed by atoms with Gasteiger partial charge in [0.15, 0.2) is 5.82 Å². The fourth-order valence-electron chi connectivity index (χ4n) is 7.54. The number of anilines is 2. The number of fused-ring (bicyclic) bond motifs is 3. The molecule has 2 aromatic carbocycles. The van der Waals surface area contributed by atoms with Gasteiger partial charge in [-0.3, -0.25) is 4.90 Å². The lowest BCUT2D eigenvalue weighted by molar-refractivity contribution is -0.137. The molecule has 2 unspecified atom stereocenters. The van der Waals surface area contributed by atoms with Crippen LogP contribution >= 0.6 is 11.3 Å². The number of aromatic nitrogens is 2. The van der Waals surface area contributed by atoms with Gasteiger partial charge in [-0.2, -0.15) is 28.4 Å². The SMILES string of the molecule is COc1nc(NC2CC2)c2cc(C(F)(F)F)c(-c3ccc(F)c4sc(N)c(C#N)c34)c(F)c2n1.FC1CC2CCCN2C1.O=C(N1CCCC1)N1CC(F)C1. The van der Waals surface area contributed by atoms with Gasteiger partial charge in [0.25, 0.3) is 0 Å². The average molecular weight is 793 g/mol. The number of benzene rings is 2. The smallest absolute Gasteiger partial charge is 0.417 e. The van der Waals surface area contributed by atoms with Crippen molar-refractivity contribution in [3.63, 3.8) is 0 Å². The largest absolute Gasteiger partial charge is 0.467 e. The molecule has 6 heterocycles. The summed E-state index contributed by atoms with van der Waals surface area (Å²) in [7, 11) is 1.25. The summed E-state index contributed by atoms with van der Waals surface area (Å²) in [6, 6.07) is 4.88. The number of nitrogens with two attached hydrogens (primary N) is 1. The summed E-state index contributed by atoms with van der Waals surface area (Å²) in [4.78, 5) is 25.2. The van der Waals surface area contributed by atoms with Gasteiger partial charge in [-0.1, -0.05) is 6.07 Å². The van der Waals surface area contributed by atoms with Gasteiger partial charge in [-0.25, -0.2) is 22.4 Å². The highest BCUT2D eigenvalue weighted by Crippen LogP contribution is 2.48. The summed E-state index contributed by atoms with van der Waals surface area (Å²) in [5.74, 6) is -2.07. The van der Waals surface area contributed by atoms with Crippen molar-refractivity contribution >= 4 is 49.2 Å². The minimum absolute atomic E-state index is 0.00331. The molecule has 4 aromatic rings. The van der Waals surface area contributed by atoms with Gasteiger partial charge < -0.3 is 25.6 Å². The van der Waals surface area contributed by atoms with Gasteiger partial charge in [-0.15, -0.1) is 11.3 Å². The second kappa shape index (κ2) is 15.5. The second-order valence-corrected chi connectivity index (χ2v) is 15.4. The fourth-order valence-corrected chi connectivity index (χ4v) is 8.49. The molecule has 10 nitrogen and oxygen atoms in total. The first-order chi connectivity index (χ1) is 26.3. The molecule has 0 radical (unpaired) electrons. The van der Waals surface area contributed by atoms with Crippen molar-refractivity contribution in [1.29, 1.82) is 5.26 Å². The number of rotatable bonds is 4. The van der Waals surface area contributed by atoms with E-state index in [4.69, 9.17) is 10.5 Å². The van der Waals surface area contributed by atoms with E-state index < -0.39 is 46.8 Å². The van der Waals surface area contributed by atoms with Crippen LogP contribution in [0, 0.1) is 23.0 Å². The maximum atomic E-state index is 16.0. The van der Waals surface area contributed by atoms with E-state index in [0.717, 1.165) is 69.9 Å². The molecule has 294 valence electrons. The highest BCUT2D eigenvalue weighted by Gasteiger charge is 2.39. The van der Waals surface area contributed by atoms with Crippen LogP contribution in [0.3, 0.4) is 0 Å². The summed E-state index contributed by atoms with van der Waals surface area (Å²) in [5.41, 5.74) is 2.69. The third-order valence-electron chi connectivity index (χ3n) is 10.5. The first-order valence-electron chi connectivity index (χ1n) is 18.2. The first-order valence-corrected chi connectivity index (χ1v) is 19.0. The quantitative estimate of drug-likeness (QED) is 0.200. The second-order valence-electron chi connectivity index (χ2n) is 14.3. The molecule has 5 fully saturated rings. The van der Waals surface area contributed by atoms with E-state index in [1.807, 2.05) is 4.90 Å². The Hall–Kier alpha value is -4.63. The highest BCUT2D eigenvalue weighted by atomic mass is 32.1. The Morgan fingerprint density at radius 3 is 2.36 bits per heavy atom. The summed E-state index contributed by atoms with van der Waals surface area (Å²) in [6.45, 7) is 4.17. The predicted octanol–water partition coefficient (Wildman–Crippen LogP) is 7.89. The van der Waals surface area contributed by atoms with Crippen molar-refractivity contribution in [3.8, 4) is 23.2 Å². The molecule has 4 saturated heterocycles. The number of likely N-dealkylation sites (tertiary alicyclic amines) is 2. The molecule has 18 heteroatoms. The molecule has 9 rings (SSSR count). The van der Waals surface area contributed by atoms with Crippen LogP contribution in [0.2, 0.25) is 0 Å². The Morgan fingerprint density at radius 1 is 1.02 bits per heavy atom. The number of alkyl halides is 5. The standard InChI is InChI=1S/C22H14F5N5OS.C8H13FN2O.C7H12FN/c1-33-21-31-17-10(20(32-21)30-8-2-3-8)6-12(22(25,26)27)15(16(17)24)9-4-5-13(23)18-14(9)11(7-28)19(29)34-18;9-7-5-11(6-7)8(12)10-3-1-2-4-10;8-6-4-7-2-1-3-9(7)5-6/h4-6,8H,2-3,29H2,1H3,(H,30,31,32);7H,1-6H2;6-7H,1-5H2. The van der Waals surface area contributed by atoms with E-state index in [2.05, 4.69) is 20.2 Å². The lowest BCUT2D eigenvalue weighted by Crippen LogP contribution is -2.55. The van der Waals surface area contributed by atoms with E-state index in [1.165, 1.54) is 20.0 Å². The van der Waals surface area contributed by atoms with Gasteiger partial charge in [0.2, 0.25) is 0 Å². The number of halogens is 7. The molecule has 55 heavy (non-hydrogen) atoms. The number of methoxy groups -OCH3 is 1. The van der Waals surface area contributed by atoms with Crippen molar-refractivity contribution in [2.24, 2.45) is 0 Å². The molecule has 0 bridgehead atoms. The molecular formula is C37H39F7N8O2S. The minimum Gasteiger partial charge on any atom is -0.467 e. The Bertz CT molecular complexity index is 2110. The zero-order valence-electron chi connectivity index (χ0n) is 29.9. The van der Waals surface area contributed by atoms with Gasteiger partial charge in [0, 0.05) is 48.1 Å². The topological polar surface area (TPSA) is 124 Å². The molecule has 5 aliphatic rings. The number of nitrogens with one attached hydrogen (secondary N) is 1. The Labute approximate surface area is 316 Å². The molecule has 0 spiro atoms. The van der Waals surface area contributed by atoms with Crippen LogP contribution < -0.4 is 15.8 Å². The Kier molecular flexibility index (Phi) is 10.9. The maximum Gasteiger partial charge on any atom is 0.417 e. The molecule has 2 amide bonds. The van der Waals surface area contributed by atoms with Crippen molar-refractivity contribution in [2.45, 2.75) is 75.5 Å². The van der Waals surface area contributed by atoms with Crippen LogP contribution in [0.1, 0.15) is 56.1 Å². The van der Waals surface area contributed by atoms with Crippen LogP contribution in [0.15, 0.2) is 18.2 Å². The third kappa shape index (κ3) is 7.91. The van der Waals surface area contributed by atoms with E-state index in [-0.39, 0.29) is 55.5 Å².